The number of carbonyl (C=O) groups excluding carboxylic acids is 2. The average molecular weight is 663 g/mol. The monoisotopic (exact) mass is 661 g/mol. The zero-order valence-electron chi connectivity index (χ0n) is 22.9. The molecule has 2 heterocycles. The maximum Gasteiger partial charge on any atom is 0.242 e. The van der Waals surface area contributed by atoms with Gasteiger partial charge in [-0.1, -0.05) is 54.4 Å². The van der Waals surface area contributed by atoms with Gasteiger partial charge in [-0.25, -0.2) is 18.0 Å². The van der Waals surface area contributed by atoms with Crippen molar-refractivity contribution in [3.63, 3.8) is 0 Å². The van der Waals surface area contributed by atoms with E-state index in [1.165, 1.54) is 19.4 Å². The van der Waals surface area contributed by atoms with E-state index >= 15 is 8.78 Å². The molecule has 5 rings (SSSR count). The number of aromatic nitrogens is 2. The molecule has 2 aromatic heterocycles. The molecule has 12 heteroatoms. The number of anilines is 1. The van der Waals surface area contributed by atoms with Gasteiger partial charge in [0.05, 0.1) is 28.1 Å². The van der Waals surface area contributed by atoms with Crippen molar-refractivity contribution in [2.45, 2.75) is 18.7 Å². The van der Waals surface area contributed by atoms with Crippen LogP contribution < -0.4 is 4.31 Å². The highest BCUT2D eigenvalue weighted by molar-refractivity contribution is 7.86. The summed E-state index contributed by atoms with van der Waals surface area (Å²) in [6.45, 7) is 1.82. The van der Waals surface area contributed by atoms with Gasteiger partial charge < -0.3 is 0 Å². The Bertz CT molecular complexity index is 1840. The molecule has 6 nitrogen and oxygen atoms in total. The van der Waals surface area contributed by atoms with Crippen LogP contribution in [0.4, 0.5) is 14.5 Å². The van der Waals surface area contributed by atoms with Crippen LogP contribution in [0, 0.1) is 17.6 Å². The van der Waals surface area contributed by atoms with E-state index in [1.54, 1.807) is 48.6 Å². The molecule has 0 aliphatic heterocycles. The van der Waals surface area contributed by atoms with Crippen LogP contribution in [0.1, 0.15) is 34.1 Å². The number of alkyl halides is 1. The molecule has 4 aromatic rings. The first kappa shape index (κ1) is 31.1. The molecule has 0 bridgehead atoms. The number of ketones is 1. The lowest BCUT2D eigenvalue weighted by Gasteiger charge is -2.21. The average Bonchev–Trinajstić information content (AvgIpc) is 3.36. The zero-order chi connectivity index (χ0) is 31.0. The molecule has 1 aliphatic rings. The molecule has 43 heavy (non-hydrogen) atoms. The number of fused-ring (bicyclic) bond motifs is 1. The quantitative estimate of drug-likeness (QED) is 0.142. The fourth-order valence-electron chi connectivity index (χ4n) is 4.83. The number of pyridine rings is 1. The Morgan fingerprint density at radius 3 is 2.49 bits per heavy atom. The molecule has 0 amide bonds. The topological polar surface area (TPSA) is 72.3 Å². The molecule has 0 N–H and O–H groups in total. The summed E-state index contributed by atoms with van der Waals surface area (Å²) in [6.07, 6.45) is 8.06. The zero-order valence-corrected chi connectivity index (χ0v) is 25.9. The number of hydrogen-bond donors (Lipinski definition) is 0. The first-order valence-electron chi connectivity index (χ1n) is 13.2. The third-order valence-electron chi connectivity index (χ3n) is 7.06. The summed E-state index contributed by atoms with van der Waals surface area (Å²) in [5.41, 5.74) is 0.132. The Morgan fingerprint density at radius 2 is 1.81 bits per heavy atom. The third-order valence-corrected chi connectivity index (χ3v) is 9.63. The number of nitrogens with zero attached hydrogens (tertiary/aromatic N) is 3. The van der Waals surface area contributed by atoms with Crippen LogP contribution in [0.25, 0.3) is 22.2 Å². The molecular weight excluding hydrogens is 639 g/mol. The number of hydrogen-bond acceptors (Lipinski definition) is 4. The van der Waals surface area contributed by atoms with E-state index in [0.29, 0.717) is 22.6 Å². The lowest BCUT2D eigenvalue weighted by Crippen LogP contribution is -2.29. The van der Waals surface area contributed by atoms with E-state index in [9.17, 15) is 13.8 Å². The van der Waals surface area contributed by atoms with Crippen molar-refractivity contribution in [2.75, 3.05) is 17.1 Å². The van der Waals surface area contributed by atoms with Gasteiger partial charge in [-0.15, -0.1) is 11.6 Å². The van der Waals surface area contributed by atoms with E-state index < -0.39 is 51.2 Å². The molecule has 0 radical (unpaired) electrons. The summed E-state index contributed by atoms with van der Waals surface area (Å²) in [5.74, 6) is -4.62. The molecule has 0 saturated heterocycles. The summed E-state index contributed by atoms with van der Waals surface area (Å²) in [7, 11) is -0.199. The Morgan fingerprint density at radius 1 is 1.09 bits per heavy atom. The Balaban J connectivity index is 1.69. The van der Waals surface area contributed by atoms with Crippen molar-refractivity contribution in [2.24, 2.45) is 5.92 Å². The van der Waals surface area contributed by atoms with E-state index in [1.807, 2.05) is 6.92 Å². The van der Waals surface area contributed by atoms with Crippen LogP contribution >= 0.6 is 34.8 Å². The Hall–Kier alpha value is -3.37. The highest BCUT2D eigenvalue weighted by atomic mass is 35.5. The van der Waals surface area contributed by atoms with Crippen molar-refractivity contribution in [1.29, 1.82) is 0 Å². The molecule has 2 aromatic carbocycles. The predicted octanol–water partition coefficient (Wildman–Crippen LogP) is 7.93. The maximum atomic E-state index is 15.9. The smallest absolute Gasteiger partial charge is 0.242 e. The molecule has 0 fully saturated rings. The molecule has 0 saturated carbocycles. The van der Waals surface area contributed by atoms with E-state index in [0.717, 1.165) is 21.0 Å². The summed E-state index contributed by atoms with van der Waals surface area (Å²) in [4.78, 5) is 32.2. The van der Waals surface area contributed by atoms with Crippen LogP contribution in [0.5, 0.6) is 0 Å². The normalized spacial score (nSPS) is 17.1. The minimum Gasteiger partial charge on any atom is -0.292 e. The van der Waals surface area contributed by atoms with Crippen LogP contribution in [-0.4, -0.2) is 43.6 Å². The minimum absolute atomic E-state index is 0.0760. The van der Waals surface area contributed by atoms with E-state index in [-0.39, 0.29) is 33.1 Å². The first-order chi connectivity index (χ1) is 20.5. The summed E-state index contributed by atoms with van der Waals surface area (Å²) >= 11 is 18.8. The summed E-state index contributed by atoms with van der Waals surface area (Å²) in [6, 6.07) is 10.6. The Labute approximate surface area is 264 Å². The van der Waals surface area contributed by atoms with Gasteiger partial charge in [-0.05, 0) is 48.4 Å². The van der Waals surface area contributed by atoms with Gasteiger partial charge in [-0.2, -0.15) is 0 Å². The fraction of sp³-hybridized carbons (Fsp3) is 0.194. The first-order valence-corrected chi connectivity index (χ1v) is 15.6. The van der Waals surface area contributed by atoms with E-state index in [4.69, 9.17) is 34.8 Å². The lowest BCUT2D eigenvalue weighted by atomic mass is 9.99. The van der Waals surface area contributed by atoms with E-state index in [2.05, 4.69) is 4.98 Å². The van der Waals surface area contributed by atoms with Crippen molar-refractivity contribution >= 4 is 74.2 Å². The number of rotatable bonds is 8. The Kier molecular flexibility index (Phi) is 9.18. The van der Waals surface area contributed by atoms with Gasteiger partial charge >= 0.3 is 0 Å². The van der Waals surface area contributed by atoms with Gasteiger partial charge in [0.1, 0.15) is 22.5 Å². The summed E-state index contributed by atoms with van der Waals surface area (Å²) in [5, 5.41) is 0.104. The van der Waals surface area contributed by atoms with Crippen LogP contribution in [0.3, 0.4) is 0 Å². The van der Waals surface area contributed by atoms with Crippen LogP contribution in [-0.2, 0) is 11.0 Å². The second-order valence-corrected chi connectivity index (χ2v) is 12.8. The highest BCUT2D eigenvalue weighted by Gasteiger charge is 2.34. The molecule has 0 spiro atoms. The lowest BCUT2D eigenvalue weighted by molar-refractivity contribution is 0.0866. The van der Waals surface area contributed by atoms with Crippen molar-refractivity contribution in [3.05, 3.63) is 106 Å². The van der Waals surface area contributed by atoms with Crippen molar-refractivity contribution < 1.29 is 22.6 Å². The molecule has 1 aliphatic carbocycles. The second-order valence-electron chi connectivity index (χ2n) is 9.82. The standard InChI is InChI=1S/C31H24Cl3F2N3O3S/c1-3-13-43(42)38(2)25-12-11-24(35)27(28(25)36)29(40)21-16-39(31(41)26-22(33)5-4-6-23(26)34)30-20(21)14-18(15-37-30)17-7-9-19(32)10-8-17/h4-12,14-16,22,26H,3,13H2,1-2H3. The number of halogens is 5. The predicted molar refractivity (Wildman–Crippen MR) is 169 cm³/mol. The van der Waals surface area contributed by atoms with Gasteiger partial charge in [-0.3, -0.25) is 18.5 Å². The van der Waals surface area contributed by atoms with Gasteiger partial charge in [0.25, 0.3) is 0 Å². The highest BCUT2D eigenvalue weighted by Crippen LogP contribution is 2.35. The number of benzene rings is 2. The fourth-order valence-corrected chi connectivity index (χ4v) is 6.63. The van der Waals surface area contributed by atoms with Crippen LogP contribution in [0.15, 0.2) is 78.1 Å². The van der Waals surface area contributed by atoms with Gasteiger partial charge in [0.15, 0.2) is 5.82 Å². The van der Waals surface area contributed by atoms with Gasteiger partial charge in [0.2, 0.25) is 11.7 Å². The minimum atomic E-state index is -1.60. The third kappa shape index (κ3) is 5.91. The SMILES string of the molecule is CCCS(=O)N(C)c1ccc(F)c(C(=O)c2cn(C(=O)C3C(Cl)=CC=CC3Cl)c3ncc(-c4ccc(Cl)cc4)cc23)c1F. The molecule has 3 atom stereocenters. The maximum absolute atomic E-state index is 15.9. The molecule has 222 valence electrons. The van der Waals surface area contributed by atoms with Gasteiger partial charge in [0, 0.05) is 46.2 Å². The van der Waals surface area contributed by atoms with Crippen molar-refractivity contribution in [1.82, 2.24) is 9.55 Å². The second kappa shape index (κ2) is 12.7. The summed E-state index contributed by atoms with van der Waals surface area (Å²) < 4.78 is 46.0. The number of carbonyl (C=O) groups is 2. The molecular formula is C31H24Cl3F2N3O3S. The van der Waals surface area contributed by atoms with Crippen molar-refractivity contribution in [3.8, 4) is 11.1 Å². The number of allylic oxidation sites excluding steroid dienone is 4. The molecule has 3 unspecified atom stereocenters. The van der Waals surface area contributed by atoms with Crippen LogP contribution in [0.2, 0.25) is 5.02 Å². The largest absolute Gasteiger partial charge is 0.292 e.